The standard InChI is InChI=1S/C19H19FN2O3/c1-12(23)7-15-19(14-5-3-2-4-6-14)21-11-22(15)10-13-8-16(24)18(20)17(25)9-13/h2-6,8-9,11-12,23-25H,7,10H2,1H3. The minimum Gasteiger partial charge on any atom is -0.505 e. The molecule has 0 spiro atoms. The molecule has 0 fully saturated rings. The Morgan fingerprint density at radius 1 is 1.12 bits per heavy atom. The smallest absolute Gasteiger partial charge is 0.206 e. The van der Waals surface area contributed by atoms with Gasteiger partial charge in [-0.1, -0.05) is 30.3 Å². The number of rotatable bonds is 5. The number of hydrogen-bond acceptors (Lipinski definition) is 4. The Morgan fingerprint density at radius 2 is 1.76 bits per heavy atom. The Hall–Kier alpha value is -2.86. The number of nitrogens with zero attached hydrogens (tertiary/aromatic N) is 2. The van der Waals surface area contributed by atoms with Crippen molar-refractivity contribution in [3.63, 3.8) is 0 Å². The van der Waals surface area contributed by atoms with Gasteiger partial charge in [0.1, 0.15) is 0 Å². The second-order valence-corrected chi connectivity index (χ2v) is 6.03. The molecule has 0 aliphatic heterocycles. The molecule has 3 N–H and O–H groups in total. The lowest BCUT2D eigenvalue weighted by Crippen LogP contribution is -2.11. The molecule has 5 nitrogen and oxygen atoms in total. The number of hydrogen-bond donors (Lipinski definition) is 3. The van der Waals surface area contributed by atoms with Crippen LogP contribution in [0.5, 0.6) is 11.5 Å². The lowest BCUT2D eigenvalue weighted by atomic mass is 10.1. The molecule has 3 aromatic rings. The maximum atomic E-state index is 13.4. The molecular formula is C19H19FN2O3. The van der Waals surface area contributed by atoms with Crippen LogP contribution in [-0.2, 0) is 13.0 Å². The summed E-state index contributed by atoms with van der Waals surface area (Å²) in [6.07, 6.45) is 1.47. The highest BCUT2D eigenvalue weighted by Gasteiger charge is 2.16. The van der Waals surface area contributed by atoms with E-state index in [1.807, 2.05) is 34.9 Å². The van der Waals surface area contributed by atoms with E-state index < -0.39 is 23.4 Å². The van der Waals surface area contributed by atoms with Gasteiger partial charge in [-0.3, -0.25) is 0 Å². The maximum Gasteiger partial charge on any atom is 0.206 e. The van der Waals surface area contributed by atoms with E-state index >= 15 is 0 Å². The van der Waals surface area contributed by atoms with Crippen molar-refractivity contribution in [2.24, 2.45) is 0 Å². The highest BCUT2D eigenvalue weighted by Crippen LogP contribution is 2.28. The minimum atomic E-state index is -1.04. The van der Waals surface area contributed by atoms with Crippen LogP contribution in [0.25, 0.3) is 11.3 Å². The van der Waals surface area contributed by atoms with Crippen LogP contribution in [0, 0.1) is 5.82 Å². The van der Waals surface area contributed by atoms with E-state index in [1.54, 1.807) is 13.3 Å². The van der Waals surface area contributed by atoms with E-state index in [2.05, 4.69) is 4.98 Å². The van der Waals surface area contributed by atoms with Crippen LogP contribution < -0.4 is 0 Å². The summed E-state index contributed by atoms with van der Waals surface area (Å²) in [5.41, 5.74) is 3.04. The predicted molar refractivity (Wildman–Crippen MR) is 91.9 cm³/mol. The lowest BCUT2D eigenvalue weighted by molar-refractivity contribution is 0.193. The van der Waals surface area contributed by atoms with Crippen molar-refractivity contribution >= 4 is 0 Å². The van der Waals surface area contributed by atoms with Crippen molar-refractivity contribution in [1.82, 2.24) is 9.55 Å². The molecular weight excluding hydrogens is 323 g/mol. The molecule has 1 unspecified atom stereocenters. The van der Waals surface area contributed by atoms with Crippen LogP contribution in [-0.4, -0.2) is 31.0 Å². The van der Waals surface area contributed by atoms with Gasteiger partial charge in [-0.15, -0.1) is 0 Å². The van der Waals surface area contributed by atoms with Gasteiger partial charge >= 0.3 is 0 Å². The highest BCUT2D eigenvalue weighted by molar-refractivity contribution is 5.62. The number of imidazole rings is 1. The van der Waals surface area contributed by atoms with Crippen molar-refractivity contribution in [2.75, 3.05) is 0 Å². The predicted octanol–water partition coefficient (Wildman–Crippen LogP) is 3.07. The first-order valence-corrected chi connectivity index (χ1v) is 7.93. The van der Waals surface area contributed by atoms with Crippen LogP contribution in [0.1, 0.15) is 18.2 Å². The van der Waals surface area contributed by atoms with Crippen LogP contribution in [0.3, 0.4) is 0 Å². The average Bonchev–Trinajstić information content (AvgIpc) is 2.95. The molecule has 1 aromatic heterocycles. The SMILES string of the molecule is CC(O)Cc1c(-c2ccccc2)ncn1Cc1cc(O)c(F)c(O)c1. The minimum absolute atomic E-state index is 0.281. The fourth-order valence-corrected chi connectivity index (χ4v) is 2.81. The Kier molecular flexibility index (Phi) is 4.72. The Morgan fingerprint density at radius 3 is 2.36 bits per heavy atom. The van der Waals surface area contributed by atoms with Crippen LogP contribution >= 0.6 is 0 Å². The zero-order valence-electron chi connectivity index (χ0n) is 13.7. The van der Waals surface area contributed by atoms with Crippen molar-refractivity contribution in [3.05, 3.63) is 65.9 Å². The first-order valence-electron chi connectivity index (χ1n) is 7.93. The Balaban J connectivity index is 2.00. The monoisotopic (exact) mass is 342 g/mol. The molecule has 1 heterocycles. The van der Waals surface area contributed by atoms with Crippen LogP contribution in [0.4, 0.5) is 4.39 Å². The normalized spacial score (nSPS) is 12.3. The molecule has 0 bridgehead atoms. The third kappa shape index (κ3) is 3.64. The summed E-state index contributed by atoms with van der Waals surface area (Å²) in [4.78, 5) is 4.45. The summed E-state index contributed by atoms with van der Waals surface area (Å²) in [5.74, 6) is -2.24. The molecule has 2 aromatic carbocycles. The molecule has 1 atom stereocenters. The lowest BCUT2D eigenvalue weighted by Gasteiger charge is -2.13. The quantitative estimate of drug-likeness (QED) is 0.666. The molecule has 130 valence electrons. The molecule has 0 radical (unpaired) electrons. The van der Waals surface area contributed by atoms with Gasteiger partial charge < -0.3 is 19.9 Å². The van der Waals surface area contributed by atoms with Crippen molar-refractivity contribution in [2.45, 2.75) is 26.0 Å². The van der Waals surface area contributed by atoms with E-state index in [4.69, 9.17) is 0 Å². The molecule has 25 heavy (non-hydrogen) atoms. The second-order valence-electron chi connectivity index (χ2n) is 6.03. The van der Waals surface area contributed by atoms with Crippen molar-refractivity contribution in [1.29, 1.82) is 0 Å². The number of aliphatic hydroxyl groups excluding tert-OH is 1. The van der Waals surface area contributed by atoms with Gasteiger partial charge in [0.25, 0.3) is 0 Å². The zero-order chi connectivity index (χ0) is 18.0. The van der Waals surface area contributed by atoms with Crippen molar-refractivity contribution in [3.8, 4) is 22.8 Å². The highest BCUT2D eigenvalue weighted by atomic mass is 19.1. The van der Waals surface area contributed by atoms with Gasteiger partial charge in [-0.25, -0.2) is 4.98 Å². The largest absolute Gasteiger partial charge is 0.505 e. The molecule has 0 amide bonds. The third-order valence-corrected chi connectivity index (χ3v) is 3.93. The Bertz CT molecular complexity index is 853. The molecule has 6 heteroatoms. The van der Waals surface area contributed by atoms with Gasteiger partial charge in [0.05, 0.1) is 18.1 Å². The molecule has 0 aliphatic carbocycles. The number of benzene rings is 2. The topological polar surface area (TPSA) is 78.5 Å². The first kappa shape index (κ1) is 17.0. The van der Waals surface area contributed by atoms with E-state index in [9.17, 15) is 19.7 Å². The van der Waals surface area contributed by atoms with Gasteiger partial charge in [-0.05, 0) is 24.6 Å². The fraction of sp³-hybridized carbons (Fsp3) is 0.211. The second kappa shape index (κ2) is 6.94. The fourth-order valence-electron chi connectivity index (χ4n) is 2.81. The molecule has 0 saturated heterocycles. The third-order valence-electron chi connectivity index (χ3n) is 3.93. The van der Waals surface area contributed by atoms with Crippen molar-refractivity contribution < 1.29 is 19.7 Å². The van der Waals surface area contributed by atoms with E-state index in [1.165, 1.54) is 12.1 Å². The summed E-state index contributed by atoms with van der Waals surface area (Å²) in [5, 5.41) is 29.0. The number of aliphatic hydroxyl groups is 1. The van der Waals surface area contributed by atoms with Gasteiger partial charge in [0, 0.05) is 24.2 Å². The molecule has 0 aliphatic rings. The zero-order valence-corrected chi connectivity index (χ0v) is 13.7. The maximum absolute atomic E-state index is 13.4. The van der Waals surface area contributed by atoms with Gasteiger partial charge in [0.15, 0.2) is 11.5 Å². The summed E-state index contributed by atoms with van der Waals surface area (Å²) < 4.78 is 15.2. The Labute approximate surface area is 144 Å². The summed E-state index contributed by atoms with van der Waals surface area (Å²) >= 11 is 0. The van der Waals surface area contributed by atoms with Gasteiger partial charge in [-0.2, -0.15) is 4.39 Å². The number of phenols is 2. The summed E-state index contributed by atoms with van der Waals surface area (Å²) in [6.45, 7) is 1.98. The van der Waals surface area contributed by atoms with E-state index in [-0.39, 0.29) is 6.54 Å². The summed E-state index contributed by atoms with van der Waals surface area (Å²) in [7, 11) is 0. The molecule has 3 rings (SSSR count). The van der Waals surface area contributed by atoms with Crippen LogP contribution in [0.15, 0.2) is 48.8 Å². The summed E-state index contributed by atoms with van der Waals surface area (Å²) in [6, 6.07) is 12.2. The number of phenolic OH excluding ortho intramolecular Hbond substituents is 2. The number of aromatic hydroxyl groups is 2. The first-order chi connectivity index (χ1) is 12.0. The molecule has 0 saturated carbocycles. The van der Waals surface area contributed by atoms with Gasteiger partial charge in [0.2, 0.25) is 5.82 Å². The van der Waals surface area contributed by atoms with Crippen LogP contribution in [0.2, 0.25) is 0 Å². The average molecular weight is 342 g/mol. The van der Waals surface area contributed by atoms with E-state index in [0.29, 0.717) is 12.0 Å². The van der Waals surface area contributed by atoms with E-state index in [0.717, 1.165) is 17.0 Å². The number of halogens is 1. The number of aromatic nitrogens is 2.